The molecular weight excluding hydrogens is 324 g/mol. The lowest BCUT2D eigenvalue weighted by Crippen LogP contribution is -2.26. The second-order valence-corrected chi connectivity index (χ2v) is 6.16. The first kappa shape index (κ1) is 15.6. The number of hydrogen-bond acceptors (Lipinski definition) is 7. The van der Waals surface area contributed by atoms with Gasteiger partial charge in [-0.3, -0.25) is 4.57 Å². The molecule has 0 spiro atoms. The molecule has 0 aliphatic carbocycles. The highest BCUT2D eigenvalue weighted by atomic mass is 19.3. The Morgan fingerprint density at radius 1 is 1.33 bits per heavy atom. The topological polar surface area (TPSA) is 96.5 Å². The summed E-state index contributed by atoms with van der Waals surface area (Å²) in [6, 6.07) is 0. The number of ether oxygens (including phenoxy) is 1. The second-order valence-electron chi connectivity index (χ2n) is 6.16. The molecule has 2 fully saturated rings. The van der Waals surface area contributed by atoms with Crippen LogP contribution in [-0.4, -0.2) is 67.6 Å². The number of anilines is 1. The summed E-state index contributed by atoms with van der Waals surface area (Å²) in [5.74, 6) is -2.36. The summed E-state index contributed by atoms with van der Waals surface area (Å²) in [5.41, 5.74) is 0.867. The molecular formula is C14H17F2N5O3. The van der Waals surface area contributed by atoms with Gasteiger partial charge >= 0.3 is 0 Å². The molecule has 0 saturated carbocycles. The number of imidazole rings is 1. The van der Waals surface area contributed by atoms with Crippen LogP contribution in [0.4, 0.5) is 14.6 Å². The number of rotatable bonds is 3. The summed E-state index contributed by atoms with van der Waals surface area (Å²) in [7, 11) is 0. The number of halogens is 2. The van der Waals surface area contributed by atoms with E-state index in [-0.39, 0.29) is 26.0 Å². The van der Waals surface area contributed by atoms with Crippen LogP contribution in [0.25, 0.3) is 11.2 Å². The average molecular weight is 341 g/mol. The minimum Gasteiger partial charge on any atom is -0.394 e. The highest BCUT2D eigenvalue weighted by Gasteiger charge is 2.40. The molecule has 3 atom stereocenters. The molecule has 8 nitrogen and oxygen atoms in total. The van der Waals surface area contributed by atoms with Crippen molar-refractivity contribution in [2.45, 2.75) is 37.2 Å². The summed E-state index contributed by atoms with van der Waals surface area (Å²) in [4.78, 5) is 14.1. The third kappa shape index (κ3) is 2.50. The number of aliphatic hydroxyl groups is 2. The Morgan fingerprint density at radius 3 is 2.83 bits per heavy atom. The predicted molar refractivity (Wildman–Crippen MR) is 78.7 cm³/mol. The number of alkyl halides is 2. The zero-order chi connectivity index (χ0) is 16.9. The first-order chi connectivity index (χ1) is 11.5. The molecule has 4 heterocycles. The van der Waals surface area contributed by atoms with Gasteiger partial charge in [-0.2, -0.15) is 0 Å². The molecule has 10 heteroatoms. The van der Waals surface area contributed by atoms with Crippen molar-refractivity contribution in [2.24, 2.45) is 0 Å². The van der Waals surface area contributed by atoms with Crippen molar-refractivity contribution in [2.75, 3.05) is 24.6 Å². The van der Waals surface area contributed by atoms with Crippen LogP contribution in [0.1, 0.15) is 19.1 Å². The van der Waals surface area contributed by atoms with E-state index in [1.807, 2.05) is 0 Å². The van der Waals surface area contributed by atoms with Crippen molar-refractivity contribution in [3.8, 4) is 0 Å². The first-order valence-corrected chi connectivity index (χ1v) is 7.73. The molecule has 2 aliphatic rings. The Morgan fingerprint density at radius 2 is 2.17 bits per heavy atom. The van der Waals surface area contributed by atoms with Crippen LogP contribution in [0.3, 0.4) is 0 Å². The van der Waals surface area contributed by atoms with E-state index >= 15 is 0 Å². The van der Waals surface area contributed by atoms with Crippen molar-refractivity contribution in [3.05, 3.63) is 12.7 Å². The molecule has 24 heavy (non-hydrogen) atoms. The van der Waals surface area contributed by atoms with E-state index in [2.05, 4.69) is 15.0 Å². The molecule has 2 saturated heterocycles. The Hall–Kier alpha value is -1.91. The minimum atomic E-state index is -2.73. The molecule has 0 bridgehead atoms. The van der Waals surface area contributed by atoms with E-state index in [1.165, 1.54) is 17.6 Å². The fourth-order valence-electron chi connectivity index (χ4n) is 3.25. The van der Waals surface area contributed by atoms with E-state index < -0.39 is 30.9 Å². The van der Waals surface area contributed by atoms with E-state index in [9.17, 15) is 19.0 Å². The van der Waals surface area contributed by atoms with Gasteiger partial charge < -0.3 is 19.8 Å². The lowest BCUT2D eigenvalue weighted by molar-refractivity contribution is -0.0432. The van der Waals surface area contributed by atoms with Gasteiger partial charge in [-0.05, 0) is 0 Å². The number of nitrogens with zero attached hydrogens (tertiary/aromatic N) is 5. The van der Waals surface area contributed by atoms with Crippen LogP contribution in [-0.2, 0) is 4.74 Å². The summed E-state index contributed by atoms with van der Waals surface area (Å²) in [6.45, 7) is -0.470. The molecule has 2 aliphatic heterocycles. The van der Waals surface area contributed by atoms with Crippen LogP contribution in [0.5, 0.6) is 0 Å². The molecule has 130 valence electrons. The predicted octanol–water partition coefficient (Wildman–Crippen LogP) is 0.312. The standard InChI is InChI=1S/C14H17F2N5O3/c15-14(16)1-2-20(5-14)12-11-13(18-6-17-12)21(7-19-11)10-3-8(23)9(4-22)24-10/h6-10,22-23H,1-5H2/t8-,9-,10-/m1/s1. The summed E-state index contributed by atoms with van der Waals surface area (Å²) in [5, 5.41) is 19.1. The van der Waals surface area contributed by atoms with Gasteiger partial charge in [0.15, 0.2) is 17.0 Å². The molecule has 2 aromatic rings. The van der Waals surface area contributed by atoms with Crippen LogP contribution < -0.4 is 4.90 Å². The molecule has 0 radical (unpaired) electrons. The highest BCUT2D eigenvalue weighted by Crippen LogP contribution is 2.35. The van der Waals surface area contributed by atoms with Crippen molar-refractivity contribution >= 4 is 17.0 Å². The Bertz CT molecular complexity index is 755. The maximum Gasteiger partial charge on any atom is 0.266 e. The molecule has 4 rings (SSSR count). The summed E-state index contributed by atoms with van der Waals surface area (Å²) < 4.78 is 34.2. The van der Waals surface area contributed by atoms with Crippen molar-refractivity contribution in [1.29, 1.82) is 0 Å². The lowest BCUT2D eigenvalue weighted by Gasteiger charge is -2.17. The van der Waals surface area contributed by atoms with E-state index in [4.69, 9.17) is 4.74 Å². The van der Waals surface area contributed by atoms with Gasteiger partial charge in [-0.25, -0.2) is 23.7 Å². The largest absolute Gasteiger partial charge is 0.394 e. The Labute approximate surface area is 135 Å². The van der Waals surface area contributed by atoms with Gasteiger partial charge in [0, 0.05) is 19.4 Å². The SMILES string of the molecule is OC[C@H]1O[C@@H](n2cnc3c(N4CCC(F)(F)C4)ncnc32)C[C@H]1O. The number of aliphatic hydroxyl groups excluding tert-OH is 2. The van der Waals surface area contributed by atoms with Gasteiger partial charge in [-0.15, -0.1) is 0 Å². The third-order valence-corrected chi connectivity index (χ3v) is 4.50. The minimum absolute atomic E-state index is 0.206. The molecule has 2 N–H and O–H groups in total. The third-order valence-electron chi connectivity index (χ3n) is 4.50. The van der Waals surface area contributed by atoms with E-state index in [0.717, 1.165) is 0 Å². The van der Waals surface area contributed by atoms with Crippen LogP contribution in [0.2, 0.25) is 0 Å². The van der Waals surface area contributed by atoms with Crippen molar-refractivity contribution in [1.82, 2.24) is 19.5 Å². The fraction of sp³-hybridized carbons (Fsp3) is 0.643. The Balaban J connectivity index is 1.67. The lowest BCUT2D eigenvalue weighted by atomic mass is 10.2. The zero-order valence-corrected chi connectivity index (χ0v) is 12.7. The van der Waals surface area contributed by atoms with Gasteiger partial charge in [0.1, 0.15) is 18.7 Å². The second kappa shape index (κ2) is 5.57. The van der Waals surface area contributed by atoms with Gasteiger partial charge in [0.05, 0.1) is 25.6 Å². The van der Waals surface area contributed by atoms with Gasteiger partial charge in [0.25, 0.3) is 5.92 Å². The van der Waals surface area contributed by atoms with E-state index in [0.29, 0.717) is 17.0 Å². The molecule has 0 aromatic carbocycles. The van der Waals surface area contributed by atoms with Gasteiger partial charge in [0.2, 0.25) is 0 Å². The normalized spacial score (nSPS) is 29.7. The van der Waals surface area contributed by atoms with Crippen molar-refractivity contribution in [3.63, 3.8) is 0 Å². The Kier molecular flexibility index (Phi) is 3.62. The fourth-order valence-corrected chi connectivity index (χ4v) is 3.25. The monoisotopic (exact) mass is 341 g/mol. The zero-order valence-electron chi connectivity index (χ0n) is 12.7. The molecule has 0 unspecified atom stereocenters. The van der Waals surface area contributed by atoms with Crippen LogP contribution in [0, 0.1) is 0 Å². The quantitative estimate of drug-likeness (QED) is 0.829. The van der Waals surface area contributed by atoms with Crippen LogP contribution in [0.15, 0.2) is 12.7 Å². The molecule has 2 aromatic heterocycles. The maximum atomic E-state index is 13.5. The number of fused-ring (bicyclic) bond motifs is 1. The number of hydrogen-bond donors (Lipinski definition) is 2. The summed E-state index contributed by atoms with van der Waals surface area (Å²) in [6.07, 6.45) is 0.912. The highest BCUT2D eigenvalue weighted by molar-refractivity contribution is 5.83. The van der Waals surface area contributed by atoms with Crippen molar-refractivity contribution < 1.29 is 23.7 Å². The average Bonchev–Trinajstić information content (AvgIpc) is 3.23. The van der Waals surface area contributed by atoms with E-state index in [1.54, 1.807) is 4.57 Å². The number of aromatic nitrogens is 4. The maximum absolute atomic E-state index is 13.5. The van der Waals surface area contributed by atoms with Crippen LogP contribution >= 0.6 is 0 Å². The molecule has 0 amide bonds. The summed E-state index contributed by atoms with van der Waals surface area (Å²) >= 11 is 0. The first-order valence-electron chi connectivity index (χ1n) is 7.73. The van der Waals surface area contributed by atoms with Gasteiger partial charge in [-0.1, -0.05) is 0 Å². The smallest absolute Gasteiger partial charge is 0.266 e.